The van der Waals surface area contributed by atoms with E-state index in [-0.39, 0.29) is 26.1 Å². The summed E-state index contributed by atoms with van der Waals surface area (Å²) in [5, 5.41) is 9.88. The van der Waals surface area contributed by atoms with Crippen LogP contribution in [0.15, 0.2) is 60.8 Å². The van der Waals surface area contributed by atoms with Crippen LogP contribution in [0.25, 0.3) is 0 Å². The van der Waals surface area contributed by atoms with E-state index in [4.69, 9.17) is 18.5 Å². The number of esters is 2. The number of rotatable bonds is 41. The average molecular weight is 852 g/mol. The summed E-state index contributed by atoms with van der Waals surface area (Å²) in [7, 11) is 1.11. The Morgan fingerprint density at radius 1 is 0.644 bits per heavy atom. The standard InChI is InChI=1S/C48H86NO9P/c1-6-8-10-11-12-13-14-15-16-17-18-19-20-21-22-25-29-32-36-40-48(52)58-46(44-57-59(53,54)56-42-41-49(3,4)5)43-55-47(51)39-35-31-28-26-23-24-27-30-34-38-45(50)37-33-9-7-2/h9,12-13,15-16,27,30,33-34,38,45-46,50H,6-8,10-11,14,17-26,28-29,31-32,35-37,39-44H2,1-5H3/b13-12-,16-15-,30-27+,33-9+,38-34+/t45?,46-/m1/s1. The largest absolute Gasteiger partial charge is 0.756 e. The monoisotopic (exact) mass is 852 g/mol. The minimum Gasteiger partial charge on any atom is -0.756 e. The first-order valence-electron chi connectivity index (χ1n) is 23.1. The fourth-order valence-corrected chi connectivity index (χ4v) is 6.68. The number of hydrogen-bond acceptors (Lipinski definition) is 9. The van der Waals surface area contributed by atoms with Crippen LogP contribution in [0.3, 0.4) is 0 Å². The lowest BCUT2D eigenvalue weighted by molar-refractivity contribution is -0.870. The molecule has 11 heteroatoms. The molecule has 0 aromatic carbocycles. The smallest absolute Gasteiger partial charge is 0.306 e. The Labute approximate surface area is 360 Å². The third-order valence-electron chi connectivity index (χ3n) is 9.60. The molecule has 0 aromatic heterocycles. The van der Waals surface area contributed by atoms with Crippen molar-refractivity contribution in [3.05, 3.63) is 60.8 Å². The van der Waals surface area contributed by atoms with Gasteiger partial charge in [-0.05, 0) is 70.6 Å². The van der Waals surface area contributed by atoms with E-state index < -0.39 is 38.6 Å². The predicted octanol–water partition coefficient (Wildman–Crippen LogP) is 11.6. The highest BCUT2D eigenvalue weighted by molar-refractivity contribution is 7.45. The summed E-state index contributed by atoms with van der Waals surface area (Å²) in [5.74, 6) is -0.896. The molecule has 0 aliphatic heterocycles. The van der Waals surface area contributed by atoms with Crippen molar-refractivity contribution < 1.29 is 47.2 Å². The van der Waals surface area contributed by atoms with Crippen LogP contribution in [-0.2, 0) is 32.7 Å². The van der Waals surface area contributed by atoms with E-state index >= 15 is 0 Å². The van der Waals surface area contributed by atoms with Crippen LogP contribution in [0.4, 0.5) is 0 Å². The van der Waals surface area contributed by atoms with Gasteiger partial charge in [0.05, 0.1) is 33.9 Å². The van der Waals surface area contributed by atoms with E-state index in [1.807, 2.05) is 45.4 Å². The van der Waals surface area contributed by atoms with Crippen LogP contribution in [0.5, 0.6) is 0 Å². The third-order valence-corrected chi connectivity index (χ3v) is 10.6. The molecular formula is C48H86NO9P. The van der Waals surface area contributed by atoms with Crippen molar-refractivity contribution >= 4 is 19.8 Å². The van der Waals surface area contributed by atoms with Gasteiger partial charge in [0.2, 0.25) is 0 Å². The van der Waals surface area contributed by atoms with Crippen molar-refractivity contribution in [1.82, 2.24) is 0 Å². The zero-order valence-corrected chi connectivity index (χ0v) is 38.9. The molecule has 10 nitrogen and oxygen atoms in total. The Morgan fingerprint density at radius 3 is 1.76 bits per heavy atom. The molecule has 59 heavy (non-hydrogen) atoms. The number of aliphatic hydroxyl groups excluding tert-OH is 1. The molecule has 0 aromatic rings. The molecule has 0 aliphatic carbocycles. The van der Waals surface area contributed by atoms with Gasteiger partial charge in [-0.15, -0.1) is 0 Å². The summed E-state index contributed by atoms with van der Waals surface area (Å²) in [6.45, 7) is 3.94. The summed E-state index contributed by atoms with van der Waals surface area (Å²) in [6.07, 6.45) is 44.3. The maximum absolute atomic E-state index is 12.7. The molecule has 3 atom stereocenters. The van der Waals surface area contributed by atoms with E-state index in [9.17, 15) is 24.2 Å². The van der Waals surface area contributed by atoms with E-state index in [2.05, 4.69) is 44.2 Å². The highest BCUT2D eigenvalue weighted by Gasteiger charge is 2.21. The van der Waals surface area contributed by atoms with Gasteiger partial charge >= 0.3 is 11.9 Å². The maximum atomic E-state index is 12.7. The molecule has 0 saturated carbocycles. The molecule has 0 amide bonds. The van der Waals surface area contributed by atoms with Crippen molar-refractivity contribution in [2.24, 2.45) is 0 Å². The summed E-state index contributed by atoms with van der Waals surface area (Å²) < 4.78 is 33.9. The van der Waals surface area contributed by atoms with Gasteiger partial charge in [0.1, 0.15) is 19.8 Å². The number of quaternary nitrogens is 1. The second-order valence-corrected chi connectivity index (χ2v) is 18.0. The SMILES string of the molecule is CC/C=C/CC(O)/C=C/C=C/CCCCCCCC(=O)OC[C@H](COP(=O)([O-])OCC[N+](C)(C)C)OC(=O)CCCCCCCCCCC/C=C\C/C=C\CCCCC. The van der Waals surface area contributed by atoms with Gasteiger partial charge in [-0.1, -0.05) is 152 Å². The number of unbranched alkanes of at least 4 members (excludes halogenated alkanes) is 17. The second-order valence-electron chi connectivity index (χ2n) is 16.6. The Morgan fingerprint density at radius 2 is 1.19 bits per heavy atom. The molecule has 0 spiro atoms. The van der Waals surface area contributed by atoms with Crippen LogP contribution in [-0.4, -0.2) is 81.2 Å². The summed E-state index contributed by atoms with van der Waals surface area (Å²) in [4.78, 5) is 37.6. The van der Waals surface area contributed by atoms with Crippen LogP contribution < -0.4 is 4.89 Å². The van der Waals surface area contributed by atoms with Crippen molar-refractivity contribution in [3.63, 3.8) is 0 Å². The highest BCUT2D eigenvalue weighted by Crippen LogP contribution is 2.38. The van der Waals surface area contributed by atoms with Gasteiger partial charge in [-0.3, -0.25) is 14.2 Å². The van der Waals surface area contributed by atoms with Crippen molar-refractivity contribution in [1.29, 1.82) is 0 Å². The Bertz CT molecular complexity index is 1210. The molecule has 0 rings (SSSR count). The number of phosphoric ester groups is 1. The fraction of sp³-hybridized carbons (Fsp3) is 0.750. The van der Waals surface area contributed by atoms with Crippen LogP contribution in [0.2, 0.25) is 0 Å². The van der Waals surface area contributed by atoms with Gasteiger partial charge < -0.3 is 33.0 Å². The minimum absolute atomic E-state index is 0.0463. The highest BCUT2D eigenvalue weighted by atomic mass is 31.2. The molecule has 342 valence electrons. The summed E-state index contributed by atoms with van der Waals surface area (Å²) in [6, 6.07) is 0. The summed E-state index contributed by atoms with van der Waals surface area (Å²) >= 11 is 0. The molecule has 0 aliphatic rings. The number of nitrogens with zero attached hydrogens (tertiary/aromatic N) is 1. The number of carbonyl (C=O) groups is 2. The molecule has 0 radical (unpaired) electrons. The lowest BCUT2D eigenvalue weighted by Gasteiger charge is -2.28. The molecular weight excluding hydrogens is 765 g/mol. The van der Waals surface area contributed by atoms with Gasteiger partial charge in [0.15, 0.2) is 6.10 Å². The molecule has 0 bridgehead atoms. The average Bonchev–Trinajstić information content (AvgIpc) is 3.18. The number of aliphatic hydroxyl groups is 1. The van der Waals surface area contributed by atoms with Crippen molar-refractivity contribution in [2.75, 3.05) is 47.5 Å². The first kappa shape index (κ1) is 56.7. The zero-order chi connectivity index (χ0) is 43.7. The number of likely N-dealkylation sites (N-methyl/N-ethyl adjacent to an activating group) is 1. The summed E-state index contributed by atoms with van der Waals surface area (Å²) in [5.41, 5.74) is 0. The normalized spacial score (nSPS) is 14.6. The third kappa shape index (κ3) is 43.6. The fourth-order valence-electron chi connectivity index (χ4n) is 5.96. The van der Waals surface area contributed by atoms with Crippen molar-refractivity contribution in [2.45, 2.75) is 187 Å². The molecule has 0 fully saturated rings. The van der Waals surface area contributed by atoms with Gasteiger partial charge in [-0.2, -0.15) is 0 Å². The lowest BCUT2D eigenvalue weighted by Crippen LogP contribution is -2.37. The van der Waals surface area contributed by atoms with Gasteiger partial charge in [-0.25, -0.2) is 0 Å². The molecule has 2 unspecified atom stereocenters. The topological polar surface area (TPSA) is 131 Å². The number of ether oxygens (including phenoxy) is 2. The van der Waals surface area contributed by atoms with Crippen molar-refractivity contribution in [3.8, 4) is 0 Å². The number of allylic oxidation sites excluding steroid dienone is 8. The Kier molecular flexibility index (Phi) is 38.2. The Hall–Kier alpha value is -2.33. The number of phosphoric acid groups is 1. The van der Waals surface area contributed by atoms with E-state index in [1.54, 1.807) is 6.08 Å². The van der Waals surface area contributed by atoms with Gasteiger partial charge in [0, 0.05) is 12.8 Å². The number of hydrogen-bond donors (Lipinski definition) is 1. The molecule has 0 heterocycles. The van der Waals surface area contributed by atoms with E-state index in [1.165, 1.54) is 57.8 Å². The zero-order valence-electron chi connectivity index (χ0n) is 38.0. The Balaban J connectivity index is 4.39. The first-order chi connectivity index (χ1) is 28.4. The van der Waals surface area contributed by atoms with E-state index in [0.717, 1.165) is 70.6 Å². The number of carbonyl (C=O) groups excluding carboxylic acids is 2. The maximum Gasteiger partial charge on any atom is 0.306 e. The first-order valence-corrected chi connectivity index (χ1v) is 24.6. The minimum atomic E-state index is -4.65. The molecule has 1 N–H and O–H groups in total. The van der Waals surface area contributed by atoms with Crippen LogP contribution in [0, 0.1) is 0 Å². The predicted molar refractivity (Wildman–Crippen MR) is 242 cm³/mol. The molecule has 0 saturated heterocycles. The van der Waals surface area contributed by atoms with E-state index in [0.29, 0.717) is 30.3 Å². The second kappa shape index (κ2) is 39.8. The van der Waals surface area contributed by atoms with Crippen LogP contribution >= 0.6 is 7.82 Å². The lowest BCUT2D eigenvalue weighted by atomic mass is 10.1. The quantitative estimate of drug-likeness (QED) is 0.0159. The van der Waals surface area contributed by atoms with Crippen LogP contribution in [0.1, 0.15) is 174 Å². The van der Waals surface area contributed by atoms with Gasteiger partial charge in [0.25, 0.3) is 7.82 Å².